The van der Waals surface area contributed by atoms with Gasteiger partial charge in [0.05, 0.1) is 23.7 Å². The van der Waals surface area contributed by atoms with Crippen molar-refractivity contribution in [2.75, 3.05) is 45.9 Å². The van der Waals surface area contributed by atoms with Gasteiger partial charge in [0, 0.05) is 32.7 Å². The van der Waals surface area contributed by atoms with Gasteiger partial charge in [-0.15, -0.1) is 0 Å². The Morgan fingerprint density at radius 1 is 1.29 bits per heavy atom. The van der Waals surface area contributed by atoms with Crippen LogP contribution in [0, 0.1) is 0 Å². The maximum Gasteiger partial charge on any atom is 0.252 e. The highest BCUT2D eigenvalue weighted by atomic mass is 32.2. The van der Waals surface area contributed by atoms with Crippen molar-refractivity contribution in [1.29, 1.82) is 0 Å². The Kier molecular flexibility index (Phi) is 6.16. The summed E-state index contributed by atoms with van der Waals surface area (Å²) in [6.45, 7) is 4.47. The number of aliphatic hydroxyl groups excluding tert-OH is 1. The van der Waals surface area contributed by atoms with E-state index in [-0.39, 0.29) is 22.8 Å². The molecular formula is C15H23N3O5S. The van der Waals surface area contributed by atoms with Crippen LogP contribution in [0.3, 0.4) is 0 Å². The topological polar surface area (TPSA) is 113 Å². The lowest BCUT2D eigenvalue weighted by Gasteiger charge is -2.33. The zero-order chi connectivity index (χ0) is 17.7. The number of rotatable bonds is 7. The highest BCUT2D eigenvalue weighted by molar-refractivity contribution is 7.89. The molecule has 0 spiro atoms. The second-order valence-electron chi connectivity index (χ2n) is 5.42. The van der Waals surface area contributed by atoms with Crippen LogP contribution in [-0.2, 0) is 10.0 Å². The van der Waals surface area contributed by atoms with Crippen molar-refractivity contribution in [3.05, 3.63) is 23.8 Å². The van der Waals surface area contributed by atoms with Crippen LogP contribution in [0.5, 0.6) is 5.75 Å². The van der Waals surface area contributed by atoms with Gasteiger partial charge in [-0.1, -0.05) is 0 Å². The molecule has 1 aromatic rings. The zero-order valence-corrected chi connectivity index (χ0v) is 14.5. The molecule has 1 aliphatic rings. The second kappa shape index (κ2) is 7.93. The maximum atomic E-state index is 12.8. The van der Waals surface area contributed by atoms with Crippen LogP contribution in [0.2, 0.25) is 0 Å². The molecule has 8 nitrogen and oxygen atoms in total. The van der Waals surface area contributed by atoms with Crippen LogP contribution in [0.15, 0.2) is 23.1 Å². The predicted octanol–water partition coefficient (Wildman–Crippen LogP) is -0.517. The maximum absolute atomic E-state index is 12.8. The number of sulfonamides is 1. The first kappa shape index (κ1) is 18.7. The lowest BCUT2D eigenvalue weighted by atomic mass is 10.2. The van der Waals surface area contributed by atoms with Crippen molar-refractivity contribution in [1.82, 2.24) is 9.21 Å². The Bertz CT molecular complexity index is 684. The van der Waals surface area contributed by atoms with Gasteiger partial charge < -0.3 is 15.6 Å². The molecule has 1 saturated heterocycles. The van der Waals surface area contributed by atoms with E-state index < -0.39 is 15.9 Å². The van der Waals surface area contributed by atoms with Crippen LogP contribution >= 0.6 is 0 Å². The fourth-order valence-electron chi connectivity index (χ4n) is 2.63. The van der Waals surface area contributed by atoms with Gasteiger partial charge >= 0.3 is 0 Å². The van der Waals surface area contributed by atoms with E-state index in [0.29, 0.717) is 39.3 Å². The molecule has 1 heterocycles. The monoisotopic (exact) mass is 357 g/mol. The number of hydrogen-bond donors (Lipinski definition) is 2. The minimum absolute atomic E-state index is 0.0235. The molecule has 1 fully saturated rings. The Hall–Kier alpha value is -1.68. The number of nitrogens with two attached hydrogens (primary N) is 1. The van der Waals surface area contributed by atoms with Gasteiger partial charge in [0.2, 0.25) is 10.0 Å². The molecule has 24 heavy (non-hydrogen) atoms. The van der Waals surface area contributed by atoms with Gasteiger partial charge in [-0.2, -0.15) is 4.31 Å². The van der Waals surface area contributed by atoms with Crippen LogP contribution in [0.25, 0.3) is 0 Å². The number of carbonyl (C=O) groups excluding carboxylic acids is 1. The van der Waals surface area contributed by atoms with E-state index in [4.69, 9.17) is 15.6 Å². The standard InChI is InChI=1S/C15H23N3O5S/c1-2-23-14-4-3-12(11-13(14)15(16)20)24(21,22)18-7-5-17(6-8-18)9-10-19/h3-4,11,19H,2,5-10H2,1H3,(H2,16,20). The van der Waals surface area contributed by atoms with Crippen LogP contribution in [-0.4, -0.2) is 74.6 Å². The third kappa shape index (κ3) is 4.04. The van der Waals surface area contributed by atoms with Gasteiger partial charge in [0.25, 0.3) is 5.91 Å². The number of amides is 1. The minimum Gasteiger partial charge on any atom is -0.493 e. The van der Waals surface area contributed by atoms with Crippen molar-refractivity contribution in [2.24, 2.45) is 5.73 Å². The Balaban J connectivity index is 2.23. The molecule has 3 N–H and O–H groups in total. The van der Waals surface area contributed by atoms with Crippen molar-refractivity contribution >= 4 is 15.9 Å². The van der Waals surface area contributed by atoms with Crippen molar-refractivity contribution in [3.63, 3.8) is 0 Å². The number of piperazine rings is 1. The van der Waals surface area contributed by atoms with Gasteiger partial charge in [-0.3, -0.25) is 9.69 Å². The summed E-state index contributed by atoms with van der Waals surface area (Å²) in [7, 11) is -3.71. The number of aliphatic hydroxyl groups is 1. The van der Waals surface area contributed by atoms with Gasteiger partial charge in [0.15, 0.2) is 0 Å². The Morgan fingerprint density at radius 2 is 1.96 bits per heavy atom. The highest BCUT2D eigenvalue weighted by Crippen LogP contribution is 2.25. The van der Waals surface area contributed by atoms with Crippen molar-refractivity contribution < 1.29 is 23.1 Å². The predicted molar refractivity (Wildman–Crippen MR) is 88.4 cm³/mol. The third-order valence-electron chi connectivity index (χ3n) is 3.90. The number of β-amino-alcohol motifs (C(OH)–C–C–N with tert-alkyl or cyclic N) is 1. The van der Waals surface area contributed by atoms with Crippen molar-refractivity contribution in [3.8, 4) is 5.75 Å². The molecule has 0 radical (unpaired) electrons. The molecule has 1 amide bonds. The summed E-state index contributed by atoms with van der Waals surface area (Å²) in [4.78, 5) is 13.6. The number of primary amides is 1. The number of carbonyl (C=O) groups is 1. The first-order chi connectivity index (χ1) is 11.4. The van der Waals surface area contributed by atoms with Gasteiger partial charge in [-0.25, -0.2) is 8.42 Å². The van der Waals surface area contributed by atoms with E-state index in [9.17, 15) is 13.2 Å². The van der Waals surface area contributed by atoms with Crippen LogP contribution < -0.4 is 10.5 Å². The summed E-state index contributed by atoms with van der Waals surface area (Å²) in [5, 5.41) is 8.95. The van der Waals surface area contributed by atoms with Crippen LogP contribution in [0.1, 0.15) is 17.3 Å². The smallest absolute Gasteiger partial charge is 0.252 e. The Morgan fingerprint density at radius 3 is 2.50 bits per heavy atom. The van der Waals surface area contributed by atoms with E-state index in [1.165, 1.54) is 22.5 Å². The highest BCUT2D eigenvalue weighted by Gasteiger charge is 2.29. The molecule has 0 atom stereocenters. The summed E-state index contributed by atoms with van der Waals surface area (Å²) >= 11 is 0. The average Bonchev–Trinajstić information content (AvgIpc) is 2.56. The average molecular weight is 357 g/mol. The quantitative estimate of drug-likeness (QED) is 0.679. The summed E-state index contributed by atoms with van der Waals surface area (Å²) in [5.41, 5.74) is 5.38. The van der Waals surface area contributed by atoms with E-state index >= 15 is 0 Å². The van der Waals surface area contributed by atoms with Gasteiger partial charge in [-0.05, 0) is 25.1 Å². The molecule has 134 valence electrons. The number of hydrogen-bond acceptors (Lipinski definition) is 6. The summed E-state index contributed by atoms with van der Waals surface area (Å²) in [6.07, 6.45) is 0. The number of ether oxygens (including phenoxy) is 1. The van der Waals surface area contributed by atoms with E-state index in [0.717, 1.165) is 0 Å². The lowest BCUT2D eigenvalue weighted by molar-refractivity contribution is 0.0996. The first-order valence-corrected chi connectivity index (χ1v) is 9.24. The van der Waals surface area contributed by atoms with Gasteiger partial charge in [0.1, 0.15) is 5.75 Å². The number of benzene rings is 1. The molecule has 0 aliphatic carbocycles. The zero-order valence-electron chi connectivity index (χ0n) is 13.6. The molecule has 2 rings (SSSR count). The fraction of sp³-hybridized carbons (Fsp3) is 0.533. The summed E-state index contributed by atoms with van der Waals surface area (Å²) in [5.74, 6) is -0.458. The molecule has 0 saturated carbocycles. The normalized spacial score (nSPS) is 16.9. The molecule has 1 aromatic carbocycles. The second-order valence-corrected chi connectivity index (χ2v) is 7.36. The molecule has 0 aromatic heterocycles. The summed E-state index contributed by atoms with van der Waals surface area (Å²) < 4.78 is 32.2. The molecule has 0 unspecified atom stereocenters. The molecular weight excluding hydrogens is 334 g/mol. The Labute approximate surface area is 141 Å². The fourth-order valence-corrected chi connectivity index (χ4v) is 4.08. The molecule has 9 heteroatoms. The van der Waals surface area contributed by atoms with Crippen LogP contribution in [0.4, 0.5) is 0 Å². The molecule has 1 aliphatic heterocycles. The SMILES string of the molecule is CCOc1ccc(S(=O)(=O)N2CCN(CCO)CC2)cc1C(N)=O. The lowest BCUT2D eigenvalue weighted by Crippen LogP contribution is -2.49. The number of nitrogens with zero attached hydrogens (tertiary/aromatic N) is 2. The first-order valence-electron chi connectivity index (χ1n) is 7.80. The minimum atomic E-state index is -3.71. The third-order valence-corrected chi connectivity index (χ3v) is 5.80. The van der Waals surface area contributed by atoms with E-state index in [2.05, 4.69) is 0 Å². The molecule has 0 bridgehead atoms. The van der Waals surface area contributed by atoms with E-state index in [1.54, 1.807) is 6.92 Å². The van der Waals surface area contributed by atoms with E-state index in [1.807, 2.05) is 4.90 Å². The van der Waals surface area contributed by atoms with Crippen molar-refractivity contribution in [2.45, 2.75) is 11.8 Å². The summed E-state index contributed by atoms with van der Waals surface area (Å²) in [6, 6.07) is 4.15. The largest absolute Gasteiger partial charge is 0.493 e.